The van der Waals surface area contributed by atoms with Crippen LogP contribution in [0.25, 0.3) is 0 Å². The molecule has 48 heavy (non-hydrogen) atoms. The van der Waals surface area contributed by atoms with Gasteiger partial charge in [0.1, 0.15) is 0 Å². The Morgan fingerprint density at radius 2 is 1.60 bits per heavy atom. The second-order valence-corrected chi connectivity index (χ2v) is 13.3. The van der Waals surface area contributed by atoms with Gasteiger partial charge >= 0.3 is 0 Å². The van der Waals surface area contributed by atoms with E-state index in [1.807, 2.05) is 60.7 Å². The molecule has 0 aliphatic carbocycles. The van der Waals surface area contributed by atoms with E-state index in [0.717, 1.165) is 42.7 Å². The Kier molecular flexibility index (Phi) is 11.7. The smallest absolute Gasteiger partial charge is 0.224 e. The summed E-state index contributed by atoms with van der Waals surface area (Å²) in [7, 11) is 0. The predicted molar refractivity (Wildman–Crippen MR) is 187 cm³/mol. The summed E-state index contributed by atoms with van der Waals surface area (Å²) in [5.41, 5.74) is 10.4. The van der Waals surface area contributed by atoms with Gasteiger partial charge in [0.05, 0.1) is 30.2 Å². The topological polar surface area (TPSA) is 129 Å². The minimum Gasteiger partial charge on any atom is -0.397 e. The number of likely N-dealkylation sites (tertiary alicyclic amines) is 2. The van der Waals surface area contributed by atoms with Gasteiger partial charge in [-0.3, -0.25) is 14.5 Å². The number of aliphatic hydroxyl groups excluding tert-OH is 1. The highest BCUT2D eigenvalue weighted by Gasteiger charge is 2.36. The number of hydrogen-bond donors (Lipinski definition) is 4. The number of para-hydroxylation sites is 2. The number of carbonyl (C=O) groups is 2. The summed E-state index contributed by atoms with van der Waals surface area (Å²) in [5, 5.41) is 15.4. The van der Waals surface area contributed by atoms with Crippen LogP contribution in [0.15, 0.2) is 72.8 Å². The molecule has 3 saturated heterocycles. The average Bonchev–Trinajstić information content (AvgIpc) is 3.78. The molecule has 4 atom stereocenters. The molecule has 0 bridgehead atoms. The van der Waals surface area contributed by atoms with E-state index in [9.17, 15) is 14.7 Å². The quantitative estimate of drug-likeness (QED) is 0.175. The van der Waals surface area contributed by atoms with Crippen molar-refractivity contribution in [1.82, 2.24) is 9.80 Å². The van der Waals surface area contributed by atoms with E-state index in [-0.39, 0.29) is 43.5 Å². The molecule has 6 rings (SSSR count). The van der Waals surface area contributed by atoms with Gasteiger partial charge in [-0.1, -0.05) is 48.5 Å². The number of rotatable bonds is 13. The normalized spacial score (nSPS) is 23.3. The van der Waals surface area contributed by atoms with Crippen molar-refractivity contribution in [3.8, 4) is 0 Å². The van der Waals surface area contributed by atoms with E-state index in [1.165, 1.54) is 38.8 Å². The fraction of sp³-hybridized carbons (Fsp3) is 0.474. The highest BCUT2D eigenvalue weighted by atomic mass is 16.7. The van der Waals surface area contributed by atoms with Gasteiger partial charge in [0.15, 0.2) is 6.29 Å². The van der Waals surface area contributed by atoms with Gasteiger partial charge in [-0.2, -0.15) is 0 Å². The molecule has 3 aromatic rings. The Hall–Kier alpha value is -3.80. The lowest BCUT2D eigenvalue weighted by Crippen LogP contribution is -2.45. The van der Waals surface area contributed by atoms with Gasteiger partial charge in [0.2, 0.25) is 11.8 Å². The fourth-order valence-electron chi connectivity index (χ4n) is 7.12. The third-order valence-electron chi connectivity index (χ3n) is 9.70. The first-order chi connectivity index (χ1) is 23.4. The number of ether oxygens (including phenoxy) is 2. The van der Waals surface area contributed by atoms with Crippen molar-refractivity contribution >= 4 is 28.9 Å². The maximum absolute atomic E-state index is 12.8. The van der Waals surface area contributed by atoms with Gasteiger partial charge < -0.3 is 35.8 Å². The summed E-state index contributed by atoms with van der Waals surface area (Å²) >= 11 is 0. The standard InChI is InChI=1S/C38H49N5O5/c39-33-11-1-2-12-34(33)41-37(46)14-6-13-36(45)40-30-9-5-8-29(22-30)38-47-32(23-35(48-38)28-17-15-27(26-44)16-18-28)25-43-21-7-10-31(43)24-42-19-3-4-20-42/h1-2,5,8-9,11-12,15-18,22,31-32,35,38,44H,3-4,6-7,10,13-14,19-21,23-26,39H2,(H,40,45)(H,41,46)/t31-,32-,35+,38+/m0/s1. The van der Waals surface area contributed by atoms with E-state index in [0.29, 0.717) is 29.5 Å². The Bertz CT molecular complexity index is 1510. The lowest BCUT2D eigenvalue weighted by Gasteiger charge is -2.39. The lowest BCUT2D eigenvalue weighted by atomic mass is 9.99. The molecule has 10 heteroatoms. The largest absolute Gasteiger partial charge is 0.397 e. The number of benzene rings is 3. The number of nitrogens with two attached hydrogens (primary N) is 1. The molecule has 0 saturated carbocycles. The van der Waals surface area contributed by atoms with E-state index in [4.69, 9.17) is 15.2 Å². The summed E-state index contributed by atoms with van der Waals surface area (Å²) in [6.45, 7) is 5.48. The Morgan fingerprint density at radius 1 is 0.833 bits per heavy atom. The molecule has 256 valence electrons. The molecule has 0 radical (unpaired) electrons. The number of hydrogen-bond acceptors (Lipinski definition) is 8. The van der Waals surface area contributed by atoms with Crippen LogP contribution in [-0.2, 0) is 25.7 Å². The van der Waals surface area contributed by atoms with Crippen molar-refractivity contribution in [2.24, 2.45) is 0 Å². The second-order valence-electron chi connectivity index (χ2n) is 13.3. The zero-order valence-corrected chi connectivity index (χ0v) is 27.7. The molecule has 5 N–H and O–H groups in total. The fourth-order valence-corrected chi connectivity index (χ4v) is 7.12. The molecule has 3 fully saturated rings. The van der Waals surface area contributed by atoms with Crippen LogP contribution in [0.1, 0.15) is 80.5 Å². The highest BCUT2D eigenvalue weighted by molar-refractivity contribution is 5.94. The molecule has 0 aromatic heterocycles. The number of nitrogens with zero attached hydrogens (tertiary/aromatic N) is 2. The zero-order valence-electron chi connectivity index (χ0n) is 27.7. The van der Waals surface area contributed by atoms with E-state index in [1.54, 1.807) is 12.1 Å². The summed E-state index contributed by atoms with van der Waals surface area (Å²) in [6.07, 6.45) is 5.81. The van der Waals surface area contributed by atoms with Gasteiger partial charge in [-0.25, -0.2) is 0 Å². The molecule has 3 heterocycles. The van der Waals surface area contributed by atoms with Gasteiger partial charge in [0, 0.05) is 49.6 Å². The first-order valence-electron chi connectivity index (χ1n) is 17.4. The van der Waals surface area contributed by atoms with Crippen molar-refractivity contribution in [1.29, 1.82) is 0 Å². The SMILES string of the molecule is Nc1ccccc1NC(=O)CCCC(=O)Nc1cccc([C@@H]2O[C@H](CN3CCC[C@H]3CN3CCCC3)C[C@H](c3ccc(CO)cc3)O2)c1. The lowest BCUT2D eigenvalue weighted by molar-refractivity contribution is -0.253. The first-order valence-corrected chi connectivity index (χ1v) is 17.4. The monoisotopic (exact) mass is 655 g/mol. The van der Waals surface area contributed by atoms with Gasteiger partial charge in [-0.05, 0) is 87.1 Å². The van der Waals surface area contributed by atoms with Crippen LogP contribution in [0, 0.1) is 0 Å². The molecule has 0 spiro atoms. The third kappa shape index (κ3) is 9.21. The van der Waals surface area contributed by atoms with Crippen LogP contribution < -0.4 is 16.4 Å². The van der Waals surface area contributed by atoms with E-state index >= 15 is 0 Å². The van der Waals surface area contributed by atoms with Crippen LogP contribution in [0.4, 0.5) is 17.1 Å². The van der Waals surface area contributed by atoms with Crippen molar-refractivity contribution in [2.75, 3.05) is 49.1 Å². The van der Waals surface area contributed by atoms with Crippen LogP contribution in [0.3, 0.4) is 0 Å². The number of amides is 2. The van der Waals surface area contributed by atoms with Crippen LogP contribution in [0.5, 0.6) is 0 Å². The van der Waals surface area contributed by atoms with Crippen LogP contribution >= 0.6 is 0 Å². The number of aliphatic hydroxyl groups is 1. The van der Waals surface area contributed by atoms with Gasteiger partial charge in [0.25, 0.3) is 0 Å². The molecule has 3 aliphatic heterocycles. The summed E-state index contributed by atoms with van der Waals surface area (Å²) in [5.74, 6) is -0.344. The van der Waals surface area contributed by atoms with Crippen molar-refractivity contribution < 1.29 is 24.2 Å². The van der Waals surface area contributed by atoms with Gasteiger partial charge in [-0.15, -0.1) is 0 Å². The molecular weight excluding hydrogens is 606 g/mol. The molecule has 3 aliphatic rings. The molecular formula is C38H49N5O5. The Balaban J connectivity index is 1.08. The molecule has 10 nitrogen and oxygen atoms in total. The number of nitrogen functional groups attached to an aromatic ring is 1. The van der Waals surface area contributed by atoms with Crippen molar-refractivity contribution in [3.63, 3.8) is 0 Å². The van der Waals surface area contributed by atoms with Crippen molar-refractivity contribution in [3.05, 3.63) is 89.5 Å². The number of anilines is 3. The van der Waals surface area contributed by atoms with Crippen LogP contribution in [-0.4, -0.2) is 71.6 Å². The summed E-state index contributed by atoms with van der Waals surface area (Å²) in [6, 6.07) is 23.3. The number of carbonyl (C=O) groups excluding carboxylic acids is 2. The maximum atomic E-state index is 12.8. The first kappa shape index (κ1) is 34.1. The van der Waals surface area contributed by atoms with E-state index < -0.39 is 6.29 Å². The average molecular weight is 656 g/mol. The number of nitrogens with one attached hydrogen (secondary N) is 2. The zero-order chi connectivity index (χ0) is 33.3. The summed E-state index contributed by atoms with van der Waals surface area (Å²) < 4.78 is 13.3. The Morgan fingerprint density at radius 3 is 2.38 bits per heavy atom. The maximum Gasteiger partial charge on any atom is 0.224 e. The van der Waals surface area contributed by atoms with Crippen molar-refractivity contribution in [2.45, 2.75) is 82.5 Å². The molecule has 3 aromatic carbocycles. The molecule has 0 unspecified atom stereocenters. The molecule has 2 amide bonds. The van der Waals surface area contributed by atoms with Crippen LogP contribution in [0.2, 0.25) is 0 Å². The minimum atomic E-state index is -0.600. The predicted octanol–water partition coefficient (Wildman–Crippen LogP) is 5.61. The van der Waals surface area contributed by atoms with E-state index in [2.05, 4.69) is 20.4 Å². The minimum absolute atomic E-state index is 0.00204. The third-order valence-corrected chi connectivity index (χ3v) is 9.70. The second kappa shape index (κ2) is 16.5. The Labute approximate surface area is 283 Å². The summed E-state index contributed by atoms with van der Waals surface area (Å²) in [4.78, 5) is 30.4. The highest BCUT2D eigenvalue weighted by Crippen LogP contribution is 2.39.